The van der Waals surface area contributed by atoms with Crippen LogP contribution in [-0.4, -0.2) is 6.26 Å². The summed E-state index contributed by atoms with van der Waals surface area (Å²) in [7, 11) is 0. The van der Waals surface area contributed by atoms with E-state index in [2.05, 4.69) is 54.2 Å². The average Bonchev–Trinajstić information content (AvgIpc) is 2.04. The summed E-state index contributed by atoms with van der Waals surface area (Å²) in [5.74, 6) is 0.352. The van der Waals surface area contributed by atoms with E-state index in [9.17, 15) is 0 Å². The molecule has 0 saturated heterocycles. The lowest BCUT2D eigenvalue weighted by atomic mass is 10.0. The van der Waals surface area contributed by atoms with Crippen molar-refractivity contribution in [2.24, 2.45) is 0 Å². The minimum Gasteiger partial charge on any atom is -0.129 e. The Morgan fingerprint density at radius 3 is 2.67 bits per heavy atom. The summed E-state index contributed by atoms with van der Waals surface area (Å²) in [5, 5.41) is 0. The molecule has 1 atom stereocenters. The molecule has 0 aliphatic carbocycles. The van der Waals surface area contributed by atoms with E-state index in [1.54, 1.807) is 11.8 Å². The van der Waals surface area contributed by atoms with E-state index >= 15 is 0 Å². The molecular weight excluding hydrogens is 232 g/mol. The minimum absolute atomic E-state index is 0.352. The molecular formula is C10H12BrS. The summed E-state index contributed by atoms with van der Waals surface area (Å²) >= 11 is 5.23. The maximum Gasteiger partial charge on any atom is 0.0178 e. The predicted octanol–water partition coefficient (Wildman–Crippen LogP) is 4.11. The molecule has 0 fully saturated rings. The summed E-state index contributed by atoms with van der Waals surface area (Å²) in [4.78, 5) is 1.32. The molecule has 1 rings (SSSR count). The number of hydrogen-bond acceptors (Lipinski definition) is 1. The molecule has 0 aliphatic rings. The van der Waals surface area contributed by atoms with Crippen LogP contribution in [0.15, 0.2) is 27.6 Å². The van der Waals surface area contributed by atoms with E-state index in [0.717, 1.165) is 4.47 Å². The fourth-order valence-electron chi connectivity index (χ4n) is 1.09. The number of hydrogen-bond donors (Lipinski definition) is 0. The van der Waals surface area contributed by atoms with Crippen molar-refractivity contribution in [2.45, 2.75) is 17.7 Å². The molecule has 1 aromatic carbocycles. The van der Waals surface area contributed by atoms with Gasteiger partial charge in [0.25, 0.3) is 0 Å². The second kappa shape index (κ2) is 4.33. The summed E-state index contributed by atoms with van der Waals surface area (Å²) in [5.41, 5.74) is 1.32. The van der Waals surface area contributed by atoms with Crippen molar-refractivity contribution in [3.63, 3.8) is 0 Å². The molecule has 65 valence electrons. The van der Waals surface area contributed by atoms with Gasteiger partial charge in [-0.2, -0.15) is 0 Å². The number of halogens is 1. The molecule has 1 aromatic rings. The third kappa shape index (κ3) is 2.27. The van der Waals surface area contributed by atoms with Crippen LogP contribution < -0.4 is 0 Å². The Kier molecular flexibility index (Phi) is 3.66. The molecule has 12 heavy (non-hydrogen) atoms. The van der Waals surface area contributed by atoms with Crippen molar-refractivity contribution in [1.82, 2.24) is 0 Å². The minimum atomic E-state index is 0.352. The molecule has 0 spiro atoms. The van der Waals surface area contributed by atoms with Crippen LogP contribution in [0.3, 0.4) is 0 Å². The first kappa shape index (κ1) is 10.1. The van der Waals surface area contributed by atoms with Gasteiger partial charge in [-0.1, -0.05) is 22.9 Å². The molecule has 0 heterocycles. The molecule has 0 N–H and O–H groups in total. The van der Waals surface area contributed by atoms with E-state index in [1.807, 2.05) is 0 Å². The van der Waals surface area contributed by atoms with Gasteiger partial charge in [-0.15, -0.1) is 11.8 Å². The van der Waals surface area contributed by atoms with Crippen LogP contribution >= 0.6 is 27.7 Å². The van der Waals surface area contributed by atoms with Crippen LogP contribution in [0.4, 0.5) is 0 Å². The average molecular weight is 244 g/mol. The predicted molar refractivity (Wildman–Crippen MR) is 59.7 cm³/mol. The van der Waals surface area contributed by atoms with Crippen molar-refractivity contribution in [1.29, 1.82) is 0 Å². The highest BCUT2D eigenvalue weighted by Crippen LogP contribution is 2.29. The van der Waals surface area contributed by atoms with E-state index in [0.29, 0.717) is 5.92 Å². The van der Waals surface area contributed by atoms with Crippen LogP contribution in [0.25, 0.3) is 0 Å². The standard InChI is InChI=1S/C10H12BrS/c1-7(2)9-6-8(11)4-5-10(9)12-3/h4-7H,1H2,2-3H3. The molecule has 0 aromatic heterocycles. The monoisotopic (exact) mass is 243 g/mol. The summed E-state index contributed by atoms with van der Waals surface area (Å²) in [6.45, 7) is 6.14. The van der Waals surface area contributed by atoms with Gasteiger partial charge in [0, 0.05) is 9.37 Å². The second-order valence-electron chi connectivity index (χ2n) is 2.79. The van der Waals surface area contributed by atoms with E-state index in [1.165, 1.54) is 10.5 Å². The Hall–Kier alpha value is 0.0500. The maximum atomic E-state index is 4.02. The van der Waals surface area contributed by atoms with Crippen molar-refractivity contribution in [3.05, 3.63) is 35.2 Å². The lowest BCUT2D eigenvalue weighted by molar-refractivity contribution is 0.929. The van der Waals surface area contributed by atoms with Crippen LogP contribution in [0.5, 0.6) is 0 Å². The smallest absolute Gasteiger partial charge is 0.0178 e. The SMILES string of the molecule is [CH2]C(C)c1cc(Br)ccc1SC. The molecule has 1 unspecified atom stereocenters. The number of rotatable bonds is 2. The highest BCUT2D eigenvalue weighted by atomic mass is 79.9. The normalized spacial score (nSPS) is 10.8. The zero-order valence-electron chi connectivity index (χ0n) is 7.30. The van der Waals surface area contributed by atoms with E-state index in [-0.39, 0.29) is 0 Å². The topological polar surface area (TPSA) is 0 Å². The van der Waals surface area contributed by atoms with E-state index in [4.69, 9.17) is 0 Å². The third-order valence-electron chi connectivity index (χ3n) is 1.72. The van der Waals surface area contributed by atoms with Crippen LogP contribution in [0.1, 0.15) is 18.4 Å². The van der Waals surface area contributed by atoms with Crippen molar-refractivity contribution in [3.8, 4) is 0 Å². The van der Waals surface area contributed by atoms with Crippen LogP contribution in [0.2, 0.25) is 0 Å². The molecule has 0 nitrogen and oxygen atoms in total. The van der Waals surface area contributed by atoms with E-state index < -0.39 is 0 Å². The fraction of sp³-hybridized carbons (Fsp3) is 0.300. The first-order valence-corrected chi connectivity index (χ1v) is 5.83. The van der Waals surface area contributed by atoms with Gasteiger partial charge in [-0.05, 0) is 42.9 Å². The van der Waals surface area contributed by atoms with Gasteiger partial charge in [0.05, 0.1) is 0 Å². The maximum absolute atomic E-state index is 4.02. The van der Waals surface area contributed by atoms with Gasteiger partial charge in [-0.3, -0.25) is 0 Å². The summed E-state index contributed by atoms with van der Waals surface area (Å²) < 4.78 is 1.13. The largest absolute Gasteiger partial charge is 0.129 e. The molecule has 1 radical (unpaired) electrons. The summed E-state index contributed by atoms with van der Waals surface area (Å²) in [6, 6.07) is 6.34. The van der Waals surface area contributed by atoms with Crippen molar-refractivity contribution >= 4 is 27.7 Å². The molecule has 2 heteroatoms. The van der Waals surface area contributed by atoms with Gasteiger partial charge in [0.2, 0.25) is 0 Å². The van der Waals surface area contributed by atoms with Crippen molar-refractivity contribution < 1.29 is 0 Å². The van der Waals surface area contributed by atoms with Crippen LogP contribution in [-0.2, 0) is 0 Å². The zero-order valence-corrected chi connectivity index (χ0v) is 9.71. The van der Waals surface area contributed by atoms with Crippen molar-refractivity contribution in [2.75, 3.05) is 6.26 Å². The third-order valence-corrected chi connectivity index (χ3v) is 3.03. The number of benzene rings is 1. The Bertz CT molecular complexity index is 269. The molecule has 0 bridgehead atoms. The second-order valence-corrected chi connectivity index (χ2v) is 4.55. The quantitative estimate of drug-likeness (QED) is 0.705. The van der Waals surface area contributed by atoms with Gasteiger partial charge in [-0.25, -0.2) is 0 Å². The first-order valence-electron chi connectivity index (χ1n) is 3.81. The highest BCUT2D eigenvalue weighted by Gasteiger charge is 2.05. The Balaban J connectivity index is 3.12. The summed E-state index contributed by atoms with van der Waals surface area (Å²) in [6.07, 6.45) is 2.09. The molecule has 0 amide bonds. The lowest BCUT2D eigenvalue weighted by Gasteiger charge is -2.10. The van der Waals surface area contributed by atoms with Crippen LogP contribution in [0, 0.1) is 6.92 Å². The Labute approximate surface area is 86.9 Å². The zero-order chi connectivity index (χ0) is 9.14. The lowest BCUT2D eigenvalue weighted by Crippen LogP contribution is -1.90. The molecule has 0 aliphatic heterocycles. The van der Waals surface area contributed by atoms with Gasteiger partial charge < -0.3 is 0 Å². The van der Waals surface area contributed by atoms with Gasteiger partial charge in [0.1, 0.15) is 0 Å². The Morgan fingerprint density at radius 1 is 1.50 bits per heavy atom. The highest BCUT2D eigenvalue weighted by molar-refractivity contribution is 9.10. The van der Waals surface area contributed by atoms with Gasteiger partial charge in [0.15, 0.2) is 0 Å². The Morgan fingerprint density at radius 2 is 2.17 bits per heavy atom. The molecule has 0 saturated carbocycles. The fourth-order valence-corrected chi connectivity index (χ4v) is 2.17. The number of thioether (sulfide) groups is 1. The first-order chi connectivity index (χ1) is 5.65. The van der Waals surface area contributed by atoms with Gasteiger partial charge >= 0.3 is 0 Å².